The minimum absolute atomic E-state index is 0.149. The number of amides is 1. The monoisotopic (exact) mass is 476 g/mol. The van der Waals surface area contributed by atoms with Gasteiger partial charge in [-0.3, -0.25) is 14.7 Å². The SMILES string of the molecule is CNC(=O)c1cc(Oc2ccc3nc(NCC4(N5CCOCC5)CCCCC4)ncc3c2)ccn1. The van der Waals surface area contributed by atoms with Crippen molar-refractivity contribution < 1.29 is 14.3 Å². The molecule has 1 aromatic carbocycles. The zero-order chi connectivity index (χ0) is 24.1. The summed E-state index contributed by atoms with van der Waals surface area (Å²) in [6.07, 6.45) is 9.62. The molecule has 0 bridgehead atoms. The van der Waals surface area contributed by atoms with Crippen molar-refractivity contribution in [2.75, 3.05) is 45.2 Å². The maximum Gasteiger partial charge on any atom is 0.269 e. The number of aromatic nitrogens is 3. The Bertz CT molecular complexity index is 1170. The number of morpholine rings is 1. The number of pyridine rings is 1. The van der Waals surface area contributed by atoms with Gasteiger partial charge in [-0.1, -0.05) is 19.3 Å². The van der Waals surface area contributed by atoms with Crippen molar-refractivity contribution in [2.24, 2.45) is 0 Å². The van der Waals surface area contributed by atoms with Gasteiger partial charge in [-0.05, 0) is 37.1 Å². The number of ether oxygens (including phenoxy) is 2. The Balaban J connectivity index is 1.28. The molecule has 1 aliphatic carbocycles. The van der Waals surface area contributed by atoms with Crippen molar-refractivity contribution in [2.45, 2.75) is 37.6 Å². The molecular weight excluding hydrogens is 444 g/mol. The summed E-state index contributed by atoms with van der Waals surface area (Å²) in [4.78, 5) is 27.8. The maximum atomic E-state index is 11.8. The van der Waals surface area contributed by atoms with Crippen LogP contribution in [0.25, 0.3) is 10.9 Å². The molecule has 1 saturated heterocycles. The number of fused-ring (bicyclic) bond motifs is 1. The first-order valence-electron chi connectivity index (χ1n) is 12.3. The van der Waals surface area contributed by atoms with E-state index in [1.54, 1.807) is 25.4 Å². The third-order valence-corrected chi connectivity index (χ3v) is 7.02. The molecule has 184 valence electrons. The van der Waals surface area contributed by atoms with Crippen molar-refractivity contribution in [1.29, 1.82) is 0 Å². The minimum atomic E-state index is -0.258. The predicted molar refractivity (Wildman–Crippen MR) is 134 cm³/mol. The van der Waals surface area contributed by atoms with Crippen LogP contribution in [0.4, 0.5) is 5.95 Å². The van der Waals surface area contributed by atoms with Crippen LogP contribution in [-0.4, -0.2) is 71.2 Å². The van der Waals surface area contributed by atoms with Gasteiger partial charge in [0.2, 0.25) is 5.95 Å². The fourth-order valence-electron chi connectivity index (χ4n) is 5.12. The largest absolute Gasteiger partial charge is 0.457 e. The van der Waals surface area contributed by atoms with Crippen LogP contribution in [0.2, 0.25) is 0 Å². The van der Waals surface area contributed by atoms with E-state index in [9.17, 15) is 4.79 Å². The van der Waals surface area contributed by atoms with Gasteiger partial charge in [-0.25, -0.2) is 9.97 Å². The fourth-order valence-corrected chi connectivity index (χ4v) is 5.12. The first-order valence-corrected chi connectivity index (χ1v) is 12.3. The van der Waals surface area contributed by atoms with Crippen molar-refractivity contribution in [3.63, 3.8) is 0 Å². The Kier molecular flexibility index (Phi) is 7.06. The van der Waals surface area contributed by atoms with Crippen molar-refractivity contribution in [3.8, 4) is 11.5 Å². The van der Waals surface area contributed by atoms with Crippen LogP contribution in [0, 0.1) is 0 Å². The molecule has 1 saturated carbocycles. The van der Waals surface area contributed by atoms with E-state index in [0.29, 0.717) is 23.1 Å². The molecule has 35 heavy (non-hydrogen) atoms. The molecule has 2 aliphatic rings. The second-order valence-electron chi connectivity index (χ2n) is 9.21. The van der Waals surface area contributed by atoms with Crippen molar-refractivity contribution >= 4 is 22.8 Å². The van der Waals surface area contributed by atoms with E-state index >= 15 is 0 Å². The molecule has 0 radical (unpaired) electrons. The number of benzene rings is 1. The molecule has 3 heterocycles. The van der Waals surface area contributed by atoms with E-state index in [0.717, 1.165) is 43.8 Å². The third kappa shape index (κ3) is 5.36. The number of hydrogen-bond donors (Lipinski definition) is 2. The Morgan fingerprint density at radius 1 is 1.09 bits per heavy atom. The Hall–Kier alpha value is -3.30. The van der Waals surface area contributed by atoms with Gasteiger partial charge in [0.1, 0.15) is 17.2 Å². The van der Waals surface area contributed by atoms with Gasteiger partial charge >= 0.3 is 0 Å². The first-order chi connectivity index (χ1) is 17.1. The summed E-state index contributed by atoms with van der Waals surface area (Å²) >= 11 is 0. The molecule has 0 unspecified atom stereocenters. The zero-order valence-electron chi connectivity index (χ0n) is 20.1. The summed E-state index contributed by atoms with van der Waals surface area (Å²) in [5.74, 6) is 1.57. The lowest BCUT2D eigenvalue weighted by molar-refractivity contribution is -0.0319. The lowest BCUT2D eigenvalue weighted by atomic mass is 9.80. The topological polar surface area (TPSA) is 102 Å². The normalized spacial score (nSPS) is 18.2. The van der Waals surface area contributed by atoms with Crippen LogP contribution in [0.15, 0.2) is 42.7 Å². The number of rotatable bonds is 7. The average Bonchev–Trinajstić information content (AvgIpc) is 2.92. The molecule has 5 rings (SSSR count). The van der Waals surface area contributed by atoms with E-state index < -0.39 is 0 Å². The van der Waals surface area contributed by atoms with E-state index in [-0.39, 0.29) is 11.4 Å². The van der Waals surface area contributed by atoms with Crippen LogP contribution in [-0.2, 0) is 4.74 Å². The van der Waals surface area contributed by atoms with E-state index in [1.807, 2.05) is 24.4 Å². The first kappa shape index (κ1) is 23.4. The number of hydrogen-bond acceptors (Lipinski definition) is 8. The van der Waals surface area contributed by atoms with Crippen molar-refractivity contribution in [1.82, 2.24) is 25.2 Å². The Morgan fingerprint density at radius 3 is 2.69 bits per heavy atom. The van der Waals surface area contributed by atoms with Crippen LogP contribution >= 0.6 is 0 Å². The highest BCUT2D eigenvalue weighted by Crippen LogP contribution is 2.34. The van der Waals surface area contributed by atoms with Gasteiger partial charge in [0.15, 0.2) is 0 Å². The number of nitrogens with one attached hydrogen (secondary N) is 2. The Labute approximate surface area is 205 Å². The fraction of sp³-hybridized carbons (Fsp3) is 0.462. The second kappa shape index (κ2) is 10.5. The second-order valence-corrected chi connectivity index (χ2v) is 9.21. The number of nitrogens with zero attached hydrogens (tertiary/aromatic N) is 4. The molecular formula is C26H32N6O3. The number of carbonyl (C=O) groups is 1. The van der Waals surface area contributed by atoms with E-state index in [1.165, 1.54) is 32.1 Å². The lowest BCUT2D eigenvalue weighted by Gasteiger charge is -2.48. The van der Waals surface area contributed by atoms with Crippen LogP contribution < -0.4 is 15.4 Å². The summed E-state index contributed by atoms with van der Waals surface area (Å²) in [7, 11) is 1.57. The summed E-state index contributed by atoms with van der Waals surface area (Å²) in [6.45, 7) is 4.45. The molecule has 0 spiro atoms. The summed E-state index contributed by atoms with van der Waals surface area (Å²) < 4.78 is 11.5. The van der Waals surface area contributed by atoms with E-state index in [4.69, 9.17) is 14.5 Å². The molecule has 2 N–H and O–H groups in total. The molecule has 3 aromatic rings. The van der Waals surface area contributed by atoms with Gasteiger partial charge in [0.05, 0.1) is 18.7 Å². The maximum absolute atomic E-state index is 11.8. The summed E-state index contributed by atoms with van der Waals surface area (Å²) in [5.41, 5.74) is 1.30. The molecule has 9 heteroatoms. The zero-order valence-corrected chi connectivity index (χ0v) is 20.1. The standard InChI is InChI=1S/C26H32N6O3/c1-27-24(33)23-16-21(7-10-28-23)35-20-5-6-22-19(15-20)17-29-25(31-22)30-18-26(8-3-2-4-9-26)32-11-13-34-14-12-32/h5-7,10,15-17H,2-4,8-9,11-14,18H2,1H3,(H,27,33)(H,29,30,31). The van der Waals surface area contributed by atoms with Gasteiger partial charge in [-0.2, -0.15) is 0 Å². The lowest BCUT2D eigenvalue weighted by Crippen LogP contribution is -2.58. The number of carbonyl (C=O) groups excluding carboxylic acids is 1. The highest BCUT2D eigenvalue weighted by molar-refractivity contribution is 5.92. The molecule has 1 amide bonds. The molecule has 2 aromatic heterocycles. The van der Waals surface area contributed by atoms with Crippen LogP contribution in [0.3, 0.4) is 0 Å². The smallest absolute Gasteiger partial charge is 0.269 e. The van der Waals surface area contributed by atoms with Crippen LogP contribution in [0.5, 0.6) is 11.5 Å². The molecule has 0 atom stereocenters. The average molecular weight is 477 g/mol. The summed E-state index contributed by atoms with van der Waals surface area (Å²) in [6, 6.07) is 9.03. The molecule has 2 fully saturated rings. The van der Waals surface area contributed by atoms with E-state index in [2.05, 4.69) is 25.5 Å². The van der Waals surface area contributed by atoms with Gasteiger partial charge in [-0.15, -0.1) is 0 Å². The van der Waals surface area contributed by atoms with Crippen LogP contribution in [0.1, 0.15) is 42.6 Å². The molecule has 9 nitrogen and oxygen atoms in total. The highest BCUT2D eigenvalue weighted by atomic mass is 16.5. The van der Waals surface area contributed by atoms with Gasteiger partial charge in [0.25, 0.3) is 5.91 Å². The van der Waals surface area contributed by atoms with Crippen molar-refractivity contribution in [3.05, 3.63) is 48.4 Å². The number of anilines is 1. The highest BCUT2D eigenvalue weighted by Gasteiger charge is 2.38. The molecule has 1 aliphatic heterocycles. The van der Waals surface area contributed by atoms with Gasteiger partial charge < -0.3 is 20.1 Å². The minimum Gasteiger partial charge on any atom is -0.457 e. The quantitative estimate of drug-likeness (QED) is 0.533. The summed E-state index contributed by atoms with van der Waals surface area (Å²) in [5, 5.41) is 6.99. The third-order valence-electron chi connectivity index (χ3n) is 7.02. The Morgan fingerprint density at radius 2 is 1.89 bits per heavy atom. The van der Waals surface area contributed by atoms with Gasteiger partial charge in [0, 0.05) is 56.1 Å². The predicted octanol–water partition coefficient (Wildman–Crippen LogP) is 3.62.